The minimum absolute atomic E-state index is 0.435. The predicted octanol–water partition coefficient (Wildman–Crippen LogP) is 4.01. The summed E-state index contributed by atoms with van der Waals surface area (Å²) in [5.74, 6) is 1.64. The highest BCUT2D eigenvalue weighted by Gasteiger charge is 2.27. The molecule has 2 N–H and O–H groups in total. The van der Waals surface area contributed by atoms with Gasteiger partial charge in [0, 0.05) is 15.8 Å². The number of rotatable bonds is 4. The maximum absolute atomic E-state index is 6.29. The van der Waals surface area contributed by atoms with Gasteiger partial charge in [-0.1, -0.05) is 20.3 Å². The summed E-state index contributed by atoms with van der Waals surface area (Å²) in [6, 6.07) is 5.03. The van der Waals surface area contributed by atoms with E-state index >= 15 is 0 Å². The fraction of sp³-hybridized carbons (Fsp3) is 0.733. The molecule has 0 bridgehead atoms. The van der Waals surface area contributed by atoms with Crippen LogP contribution >= 0.6 is 11.3 Å². The second kappa shape index (κ2) is 6.01. The summed E-state index contributed by atoms with van der Waals surface area (Å²) in [6.07, 6.45) is 7.63. The summed E-state index contributed by atoms with van der Waals surface area (Å²) in [6.45, 7) is 4.55. The van der Waals surface area contributed by atoms with Crippen LogP contribution in [0.5, 0.6) is 0 Å². The zero-order valence-corrected chi connectivity index (χ0v) is 11.9. The highest BCUT2D eigenvalue weighted by molar-refractivity contribution is 7.11. The van der Waals surface area contributed by atoms with Gasteiger partial charge in [0.15, 0.2) is 0 Å². The molecule has 1 nitrogen and oxygen atoms in total. The van der Waals surface area contributed by atoms with Crippen LogP contribution in [0, 0.1) is 11.8 Å². The number of thiophene rings is 1. The van der Waals surface area contributed by atoms with Crippen LogP contribution in [0.25, 0.3) is 0 Å². The van der Waals surface area contributed by atoms with E-state index in [2.05, 4.69) is 26.0 Å². The third kappa shape index (κ3) is 3.32. The van der Waals surface area contributed by atoms with Crippen LogP contribution in [0.2, 0.25) is 0 Å². The largest absolute Gasteiger partial charge is 0.327 e. The first-order chi connectivity index (χ1) is 8.22. The quantitative estimate of drug-likeness (QED) is 0.860. The van der Waals surface area contributed by atoms with Crippen molar-refractivity contribution in [3.8, 4) is 0 Å². The number of aryl methyl sites for hydroxylation is 1. The van der Waals surface area contributed by atoms with Gasteiger partial charge in [-0.2, -0.15) is 0 Å². The minimum atomic E-state index is 0.435. The van der Waals surface area contributed by atoms with Crippen molar-refractivity contribution in [1.82, 2.24) is 0 Å². The predicted molar refractivity (Wildman–Crippen MR) is 76.5 cm³/mol. The zero-order chi connectivity index (χ0) is 12.3. The molecule has 17 heavy (non-hydrogen) atoms. The molecule has 1 heterocycles. The summed E-state index contributed by atoms with van der Waals surface area (Å²) in [7, 11) is 0. The molecule has 0 saturated heterocycles. The van der Waals surface area contributed by atoms with Gasteiger partial charge in [0.2, 0.25) is 0 Å². The van der Waals surface area contributed by atoms with Crippen LogP contribution in [0.1, 0.15) is 49.3 Å². The summed E-state index contributed by atoms with van der Waals surface area (Å²) < 4.78 is 0. The number of hydrogen-bond donors (Lipinski definition) is 1. The van der Waals surface area contributed by atoms with Gasteiger partial charge in [-0.15, -0.1) is 11.3 Å². The molecule has 2 rings (SSSR count). The molecule has 1 aliphatic rings. The van der Waals surface area contributed by atoms with E-state index in [-0.39, 0.29) is 0 Å². The van der Waals surface area contributed by atoms with Gasteiger partial charge in [0.05, 0.1) is 0 Å². The molecule has 1 fully saturated rings. The van der Waals surface area contributed by atoms with E-state index in [4.69, 9.17) is 5.73 Å². The summed E-state index contributed by atoms with van der Waals surface area (Å²) in [4.78, 5) is 3.05. The summed E-state index contributed by atoms with van der Waals surface area (Å²) >= 11 is 1.98. The minimum Gasteiger partial charge on any atom is -0.327 e. The van der Waals surface area contributed by atoms with Crippen molar-refractivity contribution in [2.75, 3.05) is 0 Å². The van der Waals surface area contributed by atoms with Crippen molar-refractivity contribution < 1.29 is 0 Å². The highest BCUT2D eigenvalue weighted by Crippen LogP contribution is 2.33. The van der Waals surface area contributed by atoms with Crippen LogP contribution in [0.4, 0.5) is 0 Å². The molecule has 1 saturated carbocycles. The SMILES string of the molecule is CCc1ccc(CC2CC(CC)CCC2N)s1. The van der Waals surface area contributed by atoms with E-state index in [0.717, 1.165) is 11.8 Å². The van der Waals surface area contributed by atoms with Crippen molar-refractivity contribution in [3.05, 3.63) is 21.9 Å². The van der Waals surface area contributed by atoms with Crippen molar-refractivity contribution in [2.45, 2.75) is 58.4 Å². The van der Waals surface area contributed by atoms with Gasteiger partial charge >= 0.3 is 0 Å². The van der Waals surface area contributed by atoms with Gasteiger partial charge in [-0.25, -0.2) is 0 Å². The lowest BCUT2D eigenvalue weighted by Gasteiger charge is -2.33. The first-order valence-electron chi connectivity index (χ1n) is 7.06. The molecule has 0 amide bonds. The van der Waals surface area contributed by atoms with Crippen molar-refractivity contribution in [1.29, 1.82) is 0 Å². The second-order valence-corrected chi connectivity index (χ2v) is 6.69. The Kier molecular flexibility index (Phi) is 4.63. The van der Waals surface area contributed by atoms with Gasteiger partial charge < -0.3 is 5.73 Å². The van der Waals surface area contributed by atoms with E-state index in [1.807, 2.05) is 11.3 Å². The van der Waals surface area contributed by atoms with Gasteiger partial charge in [0.1, 0.15) is 0 Å². The normalized spacial score (nSPS) is 29.5. The first-order valence-corrected chi connectivity index (χ1v) is 7.87. The summed E-state index contributed by atoms with van der Waals surface area (Å²) in [5, 5.41) is 0. The molecule has 1 aromatic heterocycles. The average molecular weight is 251 g/mol. The molecule has 1 aromatic rings. The Morgan fingerprint density at radius 3 is 2.65 bits per heavy atom. The topological polar surface area (TPSA) is 26.0 Å². The lowest BCUT2D eigenvalue weighted by Crippen LogP contribution is -2.37. The fourth-order valence-corrected chi connectivity index (χ4v) is 4.02. The third-order valence-electron chi connectivity index (χ3n) is 4.26. The van der Waals surface area contributed by atoms with Gasteiger partial charge in [-0.3, -0.25) is 0 Å². The fourth-order valence-electron chi connectivity index (χ4n) is 2.97. The zero-order valence-electron chi connectivity index (χ0n) is 11.1. The van der Waals surface area contributed by atoms with E-state index in [9.17, 15) is 0 Å². The number of hydrogen-bond acceptors (Lipinski definition) is 2. The van der Waals surface area contributed by atoms with Crippen LogP contribution < -0.4 is 5.73 Å². The molecule has 1 aliphatic carbocycles. The van der Waals surface area contributed by atoms with Gasteiger partial charge in [-0.05, 0) is 56.1 Å². The van der Waals surface area contributed by atoms with E-state index < -0.39 is 0 Å². The maximum atomic E-state index is 6.29. The van der Waals surface area contributed by atoms with E-state index in [1.54, 1.807) is 4.88 Å². The van der Waals surface area contributed by atoms with Crippen LogP contribution in [-0.2, 0) is 12.8 Å². The van der Waals surface area contributed by atoms with Crippen molar-refractivity contribution in [3.63, 3.8) is 0 Å². The molecule has 3 unspecified atom stereocenters. The Balaban J connectivity index is 1.96. The Bertz CT molecular complexity index is 344. The van der Waals surface area contributed by atoms with Crippen LogP contribution in [0.3, 0.4) is 0 Å². The number of nitrogens with two attached hydrogens (primary N) is 1. The standard InChI is InChI=1S/C15H25NS/c1-3-11-5-8-15(16)12(9-11)10-14-7-6-13(4-2)17-14/h6-7,11-12,15H,3-5,8-10,16H2,1-2H3. The lowest BCUT2D eigenvalue weighted by atomic mass is 9.76. The maximum Gasteiger partial charge on any atom is 0.00708 e. The molecule has 96 valence electrons. The van der Waals surface area contributed by atoms with Crippen molar-refractivity contribution >= 4 is 11.3 Å². The van der Waals surface area contributed by atoms with Crippen LogP contribution in [0.15, 0.2) is 12.1 Å². The Labute approximate surface area is 109 Å². The van der Waals surface area contributed by atoms with Crippen molar-refractivity contribution in [2.24, 2.45) is 17.6 Å². The Hall–Kier alpha value is -0.340. The molecule has 0 radical (unpaired) electrons. The molecule has 2 heteroatoms. The molecule has 0 aromatic carbocycles. The Morgan fingerprint density at radius 2 is 2.00 bits per heavy atom. The molecule has 0 spiro atoms. The third-order valence-corrected chi connectivity index (χ3v) is 5.51. The Morgan fingerprint density at radius 1 is 1.24 bits per heavy atom. The van der Waals surface area contributed by atoms with E-state index in [1.165, 1.54) is 43.4 Å². The van der Waals surface area contributed by atoms with E-state index in [0.29, 0.717) is 6.04 Å². The average Bonchev–Trinajstić information content (AvgIpc) is 2.80. The smallest absolute Gasteiger partial charge is 0.00708 e. The lowest BCUT2D eigenvalue weighted by molar-refractivity contribution is 0.228. The molecular formula is C15H25NS. The molecular weight excluding hydrogens is 226 g/mol. The molecule has 3 atom stereocenters. The highest BCUT2D eigenvalue weighted by atomic mass is 32.1. The second-order valence-electron chi connectivity index (χ2n) is 5.44. The molecule has 0 aliphatic heterocycles. The monoisotopic (exact) mass is 251 g/mol. The first kappa shape index (κ1) is 13.1. The van der Waals surface area contributed by atoms with Gasteiger partial charge in [0.25, 0.3) is 0 Å². The van der Waals surface area contributed by atoms with Crippen LogP contribution in [-0.4, -0.2) is 6.04 Å². The summed E-state index contributed by atoms with van der Waals surface area (Å²) in [5.41, 5.74) is 6.29.